The zero-order valence-electron chi connectivity index (χ0n) is 11.2. The predicted molar refractivity (Wildman–Crippen MR) is 76.1 cm³/mol. The van der Waals surface area contributed by atoms with Gasteiger partial charge in [0.2, 0.25) is 0 Å². The number of thiazole rings is 1. The standard InChI is InChI=1S/C13H23N3OS/c1-3-5-14-12-4-6-16(7-10(12)2)8-11-9-18-13(17)15-11/h9-10,12,14H,3-8H2,1-2H3,(H,15,17). The van der Waals surface area contributed by atoms with Crippen LogP contribution >= 0.6 is 11.3 Å². The summed E-state index contributed by atoms with van der Waals surface area (Å²) in [6, 6.07) is 0.655. The van der Waals surface area contributed by atoms with Crippen LogP contribution in [0.15, 0.2) is 10.2 Å². The maximum absolute atomic E-state index is 11.1. The lowest BCUT2D eigenvalue weighted by Gasteiger charge is -2.37. The Morgan fingerprint density at radius 1 is 1.61 bits per heavy atom. The van der Waals surface area contributed by atoms with Gasteiger partial charge in [-0.05, 0) is 25.3 Å². The molecule has 1 saturated heterocycles. The van der Waals surface area contributed by atoms with Crippen LogP contribution in [-0.4, -0.2) is 35.6 Å². The highest BCUT2D eigenvalue weighted by Gasteiger charge is 2.25. The molecule has 0 bridgehead atoms. The molecule has 2 atom stereocenters. The number of hydrogen-bond acceptors (Lipinski definition) is 4. The molecule has 102 valence electrons. The van der Waals surface area contributed by atoms with Gasteiger partial charge in [-0.2, -0.15) is 0 Å². The van der Waals surface area contributed by atoms with E-state index in [9.17, 15) is 4.79 Å². The molecule has 18 heavy (non-hydrogen) atoms. The van der Waals surface area contributed by atoms with Gasteiger partial charge >= 0.3 is 4.87 Å². The van der Waals surface area contributed by atoms with Crippen molar-refractivity contribution in [1.82, 2.24) is 15.2 Å². The molecule has 4 nitrogen and oxygen atoms in total. The first kappa shape index (κ1) is 13.8. The number of rotatable bonds is 5. The van der Waals surface area contributed by atoms with Crippen molar-refractivity contribution >= 4 is 11.3 Å². The minimum Gasteiger partial charge on any atom is -0.315 e. The highest BCUT2D eigenvalue weighted by Crippen LogP contribution is 2.18. The molecule has 2 N–H and O–H groups in total. The van der Waals surface area contributed by atoms with Crippen molar-refractivity contribution in [3.05, 3.63) is 20.7 Å². The molecule has 0 radical (unpaired) electrons. The molecule has 0 aliphatic carbocycles. The molecule has 2 unspecified atom stereocenters. The molecule has 0 spiro atoms. The van der Waals surface area contributed by atoms with Crippen LogP contribution in [0.2, 0.25) is 0 Å². The summed E-state index contributed by atoms with van der Waals surface area (Å²) >= 11 is 1.26. The van der Waals surface area contributed by atoms with Crippen LogP contribution in [0.1, 0.15) is 32.4 Å². The van der Waals surface area contributed by atoms with Crippen molar-refractivity contribution < 1.29 is 0 Å². The normalized spacial score (nSPS) is 25.4. The second-order valence-corrected chi connectivity index (χ2v) is 6.08. The van der Waals surface area contributed by atoms with Gasteiger partial charge in [0.1, 0.15) is 0 Å². The highest BCUT2D eigenvalue weighted by atomic mass is 32.1. The van der Waals surface area contributed by atoms with Crippen LogP contribution in [-0.2, 0) is 6.54 Å². The molecular formula is C13H23N3OS. The number of H-pyrrole nitrogens is 1. The lowest BCUT2D eigenvalue weighted by molar-refractivity contribution is 0.140. The van der Waals surface area contributed by atoms with Gasteiger partial charge in [-0.25, -0.2) is 0 Å². The van der Waals surface area contributed by atoms with Crippen LogP contribution in [0.5, 0.6) is 0 Å². The van der Waals surface area contributed by atoms with Crippen molar-refractivity contribution in [3.8, 4) is 0 Å². The smallest absolute Gasteiger partial charge is 0.304 e. The number of nitrogens with zero attached hydrogens (tertiary/aromatic N) is 1. The number of piperidine rings is 1. The van der Waals surface area contributed by atoms with E-state index in [0.29, 0.717) is 12.0 Å². The zero-order chi connectivity index (χ0) is 13.0. The van der Waals surface area contributed by atoms with Crippen LogP contribution in [0, 0.1) is 5.92 Å². The Hall–Kier alpha value is -0.650. The minimum atomic E-state index is 0.0533. The first-order chi connectivity index (χ1) is 8.69. The molecule has 1 aromatic heterocycles. The maximum Gasteiger partial charge on any atom is 0.304 e. The van der Waals surface area contributed by atoms with E-state index in [0.717, 1.165) is 31.9 Å². The third kappa shape index (κ3) is 3.67. The van der Waals surface area contributed by atoms with Gasteiger partial charge in [0, 0.05) is 36.8 Å². The van der Waals surface area contributed by atoms with Crippen LogP contribution in [0.25, 0.3) is 0 Å². The van der Waals surface area contributed by atoms with Gasteiger partial charge in [-0.1, -0.05) is 25.2 Å². The van der Waals surface area contributed by atoms with E-state index in [-0.39, 0.29) is 4.87 Å². The third-order valence-electron chi connectivity index (χ3n) is 3.61. The number of aromatic amines is 1. The molecular weight excluding hydrogens is 246 g/mol. The lowest BCUT2D eigenvalue weighted by atomic mass is 9.93. The Labute approximate surface area is 112 Å². The van der Waals surface area contributed by atoms with E-state index in [1.54, 1.807) is 0 Å². The van der Waals surface area contributed by atoms with Crippen molar-refractivity contribution in [2.75, 3.05) is 19.6 Å². The summed E-state index contributed by atoms with van der Waals surface area (Å²) in [5.41, 5.74) is 1.05. The number of likely N-dealkylation sites (tertiary alicyclic amines) is 1. The summed E-state index contributed by atoms with van der Waals surface area (Å²) in [5, 5.41) is 5.57. The molecule has 1 aliphatic heterocycles. The lowest BCUT2D eigenvalue weighted by Crippen LogP contribution is -2.48. The predicted octanol–water partition coefficient (Wildman–Crippen LogP) is 1.65. The molecule has 2 heterocycles. The molecule has 0 aromatic carbocycles. The van der Waals surface area contributed by atoms with E-state index >= 15 is 0 Å². The van der Waals surface area contributed by atoms with E-state index in [1.807, 2.05) is 5.38 Å². The Balaban J connectivity index is 1.82. The molecule has 1 fully saturated rings. The van der Waals surface area contributed by atoms with Crippen LogP contribution in [0.3, 0.4) is 0 Å². The topological polar surface area (TPSA) is 48.1 Å². The second kappa shape index (κ2) is 6.50. The quantitative estimate of drug-likeness (QED) is 0.854. The second-order valence-electron chi connectivity index (χ2n) is 5.24. The summed E-state index contributed by atoms with van der Waals surface area (Å²) in [6.07, 6.45) is 2.40. The largest absolute Gasteiger partial charge is 0.315 e. The van der Waals surface area contributed by atoms with Crippen molar-refractivity contribution in [2.24, 2.45) is 5.92 Å². The fourth-order valence-electron chi connectivity index (χ4n) is 2.64. The third-order valence-corrected chi connectivity index (χ3v) is 4.33. The first-order valence-electron chi connectivity index (χ1n) is 6.81. The SMILES string of the molecule is CCCNC1CCN(Cc2csc(=O)[nH]2)CC1C. The van der Waals surface area contributed by atoms with Gasteiger partial charge in [0.25, 0.3) is 0 Å². The van der Waals surface area contributed by atoms with E-state index in [1.165, 1.54) is 24.2 Å². The van der Waals surface area contributed by atoms with Crippen molar-refractivity contribution in [3.63, 3.8) is 0 Å². The Morgan fingerprint density at radius 2 is 2.44 bits per heavy atom. The first-order valence-corrected chi connectivity index (χ1v) is 7.69. The van der Waals surface area contributed by atoms with Gasteiger partial charge in [0.15, 0.2) is 0 Å². The Morgan fingerprint density at radius 3 is 3.06 bits per heavy atom. The van der Waals surface area contributed by atoms with E-state index < -0.39 is 0 Å². The molecule has 1 aromatic rings. The summed E-state index contributed by atoms with van der Waals surface area (Å²) < 4.78 is 0. The highest BCUT2D eigenvalue weighted by molar-refractivity contribution is 7.07. The molecule has 1 aliphatic rings. The van der Waals surface area contributed by atoms with Crippen molar-refractivity contribution in [1.29, 1.82) is 0 Å². The molecule has 0 saturated carbocycles. The average Bonchev–Trinajstić information content (AvgIpc) is 2.74. The molecule has 5 heteroatoms. The average molecular weight is 269 g/mol. The fourth-order valence-corrected chi connectivity index (χ4v) is 3.21. The number of nitrogens with one attached hydrogen (secondary N) is 2. The summed E-state index contributed by atoms with van der Waals surface area (Å²) in [7, 11) is 0. The fraction of sp³-hybridized carbons (Fsp3) is 0.769. The van der Waals surface area contributed by atoms with Crippen molar-refractivity contribution in [2.45, 2.75) is 39.3 Å². The zero-order valence-corrected chi connectivity index (χ0v) is 12.1. The van der Waals surface area contributed by atoms with Gasteiger partial charge < -0.3 is 10.3 Å². The van der Waals surface area contributed by atoms with Crippen LogP contribution < -0.4 is 10.2 Å². The Kier molecular flexibility index (Phi) is 4.97. The Bertz CT molecular complexity index is 414. The summed E-state index contributed by atoms with van der Waals surface area (Å²) in [5.74, 6) is 0.677. The molecule has 0 amide bonds. The van der Waals surface area contributed by atoms with Gasteiger partial charge in [-0.15, -0.1) is 0 Å². The minimum absolute atomic E-state index is 0.0533. The van der Waals surface area contributed by atoms with E-state index in [2.05, 4.69) is 29.0 Å². The number of aromatic nitrogens is 1. The summed E-state index contributed by atoms with van der Waals surface area (Å²) in [4.78, 5) is 16.5. The maximum atomic E-state index is 11.1. The van der Waals surface area contributed by atoms with Crippen LogP contribution in [0.4, 0.5) is 0 Å². The van der Waals surface area contributed by atoms with E-state index in [4.69, 9.17) is 0 Å². The monoisotopic (exact) mass is 269 g/mol. The summed E-state index contributed by atoms with van der Waals surface area (Å²) in [6.45, 7) is 8.74. The number of hydrogen-bond donors (Lipinski definition) is 2. The van der Waals surface area contributed by atoms with Gasteiger partial charge in [-0.3, -0.25) is 9.69 Å². The van der Waals surface area contributed by atoms with Gasteiger partial charge in [0.05, 0.1) is 0 Å². The molecule has 2 rings (SSSR count).